The predicted octanol–water partition coefficient (Wildman–Crippen LogP) is 4.31. The van der Waals surface area contributed by atoms with Gasteiger partial charge >= 0.3 is 0 Å². The number of rotatable bonds is 4. The Kier molecular flexibility index (Phi) is 5.58. The number of benzene rings is 1. The maximum absolute atomic E-state index is 13.0. The molecule has 0 spiro atoms. The van der Waals surface area contributed by atoms with E-state index in [-0.39, 0.29) is 11.7 Å². The molecule has 2 N–H and O–H groups in total. The number of aryl methyl sites for hydroxylation is 1. The first kappa shape index (κ1) is 17.3. The van der Waals surface area contributed by atoms with Gasteiger partial charge in [0, 0.05) is 17.8 Å². The van der Waals surface area contributed by atoms with Crippen LogP contribution in [-0.2, 0) is 0 Å². The summed E-state index contributed by atoms with van der Waals surface area (Å²) >= 11 is 0. The third-order valence-electron chi connectivity index (χ3n) is 4.38. The number of carbonyl (C=O) groups is 1. The fourth-order valence-corrected chi connectivity index (χ4v) is 3.12. The molecule has 0 atom stereocenters. The maximum atomic E-state index is 13.0. The van der Waals surface area contributed by atoms with Gasteiger partial charge in [0.1, 0.15) is 23.2 Å². The van der Waals surface area contributed by atoms with Gasteiger partial charge < -0.3 is 10.6 Å². The molecule has 6 heteroatoms. The SMILES string of the molecule is Cc1nc(NC2CCCCCC2)cc(C(=O)Nc2ccc(F)cc2)n1. The van der Waals surface area contributed by atoms with Crippen molar-refractivity contribution < 1.29 is 9.18 Å². The van der Waals surface area contributed by atoms with Crippen LogP contribution < -0.4 is 10.6 Å². The van der Waals surface area contributed by atoms with Crippen LogP contribution >= 0.6 is 0 Å². The van der Waals surface area contributed by atoms with Crippen LogP contribution in [0.15, 0.2) is 30.3 Å². The summed E-state index contributed by atoms with van der Waals surface area (Å²) in [4.78, 5) is 21.1. The molecule has 3 rings (SSSR count). The number of halogens is 1. The minimum absolute atomic E-state index is 0.299. The second kappa shape index (κ2) is 8.05. The van der Waals surface area contributed by atoms with Crippen LogP contribution in [0.2, 0.25) is 0 Å². The van der Waals surface area contributed by atoms with Gasteiger partial charge in [0.25, 0.3) is 5.91 Å². The number of aromatic nitrogens is 2. The third kappa shape index (κ3) is 4.98. The molecule has 0 saturated heterocycles. The van der Waals surface area contributed by atoms with E-state index in [4.69, 9.17) is 0 Å². The van der Waals surface area contributed by atoms with Gasteiger partial charge in [0.2, 0.25) is 0 Å². The van der Waals surface area contributed by atoms with Crippen molar-refractivity contribution in [2.75, 3.05) is 10.6 Å². The summed E-state index contributed by atoms with van der Waals surface area (Å²) in [5.74, 6) is 0.554. The Morgan fingerprint density at radius 2 is 1.76 bits per heavy atom. The van der Waals surface area contributed by atoms with E-state index >= 15 is 0 Å². The quantitative estimate of drug-likeness (QED) is 0.813. The van der Waals surface area contributed by atoms with E-state index in [1.54, 1.807) is 13.0 Å². The van der Waals surface area contributed by atoms with Gasteiger partial charge in [-0.2, -0.15) is 0 Å². The predicted molar refractivity (Wildman–Crippen MR) is 96.2 cm³/mol. The van der Waals surface area contributed by atoms with Gasteiger partial charge in [-0.05, 0) is 44.0 Å². The number of anilines is 2. The standard InChI is InChI=1S/C19H23FN4O/c1-13-21-17(19(25)24-16-10-8-14(20)9-11-16)12-18(22-13)23-15-6-4-2-3-5-7-15/h8-12,15H,2-7H2,1H3,(H,24,25)(H,21,22,23). The van der Waals surface area contributed by atoms with Crippen molar-refractivity contribution in [3.8, 4) is 0 Å². The van der Waals surface area contributed by atoms with Crippen molar-refractivity contribution in [3.05, 3.63) is 47.7 Å². The highest BCUT2D eigenvalue weighted by molar-refractivity contribution is 6.03. The van der Waals surface area contributed by atoms with Crippen LogP contribution in [0.1, 0.15) is 54.8 Å². The molecule has 1 aromatic carbocycles. The lowest BCUT2D eigenvalue weighted by Gasteiger charge is -2.17. The van der Waals surface area contributed by atoms with Crippen LogP contribution in [0.3, 0.4) is 0 Å². The molecule has 132 valence electrons. The number of nitrogens with one attached hydrogen (secondary N) is 2. The molecule has 1 saturated carbocycles. The fraction of sp³-hybridized carbons (Fsp3) is 0.421. The molecule has 0 aliphatic heterocycles. The van der Waals surface area contributed by atoms with Gasteiger partial charge in [-0.3, -0.25) is 4.79 Å². The molecule has 0 radical (unpaired) electrons. The van der Waals surface area contributed by atoms with E-state index in [9.17, 15) is 9.18 Å². The minimum Gasteiger partial charge on any atom is -0.367 e. The summed E-state index contributed by atoms with van der Waals surface area (Å²) < 4.78 is 13.0. The monoisotopic (exact) mass is 342 g/mol. The number of amides is 1. The van der Waals surface area contributed by atoms with E-state index in [1.807, 2.05) is 0 Å². The highest BCUT2D eigenvalue weighted by Crippen LogP contribution is 2.21. The minimum atomic E-state index is -0.342. The van der Waals surface area contributed by atoms with E-state index in [2.05, 4.69) is 20.6 Å². The first-order valence-electron chi connectivity index (χ1n) is 8.79. The normalized spacial score (nSPS) is 15.4. The summed E-state index contributed by atoms with van der Waals surface area (Å²) in [6, 6.07) is 7.72. The van der Waals surface area contributed by atoms with Crippen molar-refractivity contribution in [2.24, 2.45) is 0 Å². The van der Waals surface area contributed by atoms with Gasteiger partial charge in [-0.1, -0.05) is 25.7 Å². The average Bonchev–Trinajstić information content (AvgIpc) is 2.85. The van der Waals surface area contributed by atoms with E-state index < -0.39 is 0 Å². The van der Waals surface area contributed by atoms with E-state index in [0.29, 0.717) is 29.1 Å². The zero-order chi connectivity index (χ0) is 17.6. The van der Waals surface area contributed by atoms with Gasteiger partial charge in [-0.25, -0.2) is 14.4 Å². The summed E-state index contributed by atoms with van der Waals surface area (Å²) in [6.45, 7) is 1.77. The topological polar surface area (TPSA) is 66.9 Å². The van der Waals surface area contributed by atoms with Crippen LogP contribution in [0, 0.1) is 12.7 Å². The average molecular weight is 342 g/mol. The molecule has 1 aliphatic carbocycles. The molecule has 1 amide bonds. The number of carbonyl (C=O) groups excluding carboxylic acids is 1. The Balaban J connectivity index is 1.71. The lowest BCUT2D eigenvalue weighted by Crippen LogP contribution is -2.21. The Morgan fingerprint density at radius 3 is 2.44 bits per heavy atom. The first-order valence-corrected chi connectivity index (χ1v) is 8.79. The van der Waals surface area contributed by atoms with Crippen LogP contribution in [0.5, 0.6) is 0 Å². The Labute approximate surface area is 147 Å². The molecule has 1 heterocycles. The van der Waals surface area contributed by atoms with Gasteiger partial charge in [0.05, 0.1) is 0 Å². The van der Waals surface area contributed by atoms with Gasteiger partial charge in [0.15, 0.2) is 0 Å². The largest absolute Gasteiger partial charge is 0.367 e. The second-order valence-corrected chi connectivity index (χ2v) is 6.48. The lowest BCUT2D eigenvalue weighted by molar-refractivity contribution is 0.102. The summed E-state index contributed by atoms with van der Waals surface area (Å²) in [5, 5.41) is 6.18. The molecule has 25 heavy (non-hydrogen) atoms. The summed E-state index contributed by atoms with van der Waals surface area (Å²) in [5.41, 5.74) is 0.828. The van der Waals surface area contributed by atoms with Crippen LogP contribution in [0.4, 0.5) is 15.9 Å². The van der Waals surface area contributed by atoms with Crippen LogP contribution in [0.25, 0.3) is 0 Å². The molecule has 0 bridgehead atoms. The van der Waals surface area contributed by atoms with Crippen molar-refractivity contribution >= 4 is 17.4 Å². The highest BCUT2D eigenvalue weighted by atomic mass is 19.1. The van der Waals surface area contributed by atoms with E-state index in [0.717, 1.165) is 12.8 Å². The number of nitrogens with zero attached hydrogens (tertiary/aromatic N) is 2. The van der Waals surface area contributed by atoms with E-state index in [1.165, 1.54) is 49.9 Å². The molecule has 0 unspecified atom stereocenters. The Hall–Kier alpha value is -2.50. The number of hydrogen-bond donors (Lipinski definition) is 2. The molecule has 1 fully saturated rings. The summed E-state index contributed by atoms with van der Waals surface area (Å²) in [7, 11) is 0. The molecule has 2 aromatic rings. The zero-order valence-corrected chi connectivity index (χ0v) is 14.4. The van der Waals surface area contributed by atoms with Crippen molar-refractivity contribution in [1.82, 2.24) is 9.97 Å². The molecule has 1 aliphatic rings. The molecular weight excluding hydrogens is 319 g/mol. The van der Waals surface area contributed by atoms with Crippen molar-refractivity contribution in [2.45, 2.75) is 51.5 Å². The zero-order valence-electron chi connectivity index (χ0n) is 14.4. The molecule has 5 nitrogen and oxygen atoms in total. The van der Waals surface area contributed by atoms with Crippen molar-refractivity contribution in [3.63, 3.8) is 0 Å². The molecular formula is C19H23FN4O. The third-order valence-corrected chi connectivity index (χ3v) is 4.38. The lowest BCUT2D eigenvalue weighted by atomic mass is 10.1. The maximum Gasteiger partial charge on any atom is 0.274 e. The highest BCUT2D eigenvalue weighted by Gasteiger charge is 2.15. The Bertz CT molecular complexity index is 725. The number of hydrogen-bond acceptors (Lipinski definition) is 4. The fourth-order valence-electron chi connectivity index (χ4n) is 3.12. The van der Waals surface area contributed by atoms with Crippen molar-refractivity contribution in [1.29, 1.82) is 0 Å². The van der Waals surface area contributed by atoms with Crippen LogP contribution in [-0.4, -0.2) is 21.9 Å². The smallest absolute Gasteiger partial charge is 0.274 e. The second-order valence-electron chi connectivity index (χ2n) is 6.48. The summed E-state index contributed by atoms with van der Waals surface area (Å²) in [6.07, 6.45) is 7.26. The molecule has 1 aromatic heterocycles. The first-order chi connectivity index (χ1) is 12.1. The Morgan fingerprint density at radius 1 is 1.08 bits per heavy atom. The van der Waals surface area contributed by atoms with Gasteiger partial charge in [-0.15, -0.1) is 0 Å².